The second-order valence-corrected chi connectivity index (χ2v) is 0.984. The van der Waals surface area contributed by atoms with Gasteiger partial charge in [-0.05, 0) is 12.3 Å². The Labute approximate surface area is 41.4 Å². The maximum Gasteiger partial charge on any atom is 0.182 e. The summed E-state index contributed by atoms with van der Waals surface area (Å²) in [7, 11) is 0. The van der Waals surface area contributed by atoms with Crippen molar-refractivity contribution in [1.82, 2.24) is 0 Å². The minimum atomic E-state index is -0.465. The first-order chi connectivity index (χ1) is 3.31. The Morgan fingerprint density at radius 3 is 2.57 bits per heavy atom. The molecule has 3 heteroatoms. The number of rotatable bonds is 2. The summed E-state index contributed by atoms with van der Waals surface area (Å²) in [5.74, 6) is -0.373. The van der Waals surface area contributed by atoms with E-state index >= 15 is 0 Å². The largest absolute Gasteiger partial charge is 0.404 e. The molecule has 0 saturated carbocycles. The Kier molecular flexibility index (Phi) is 2.96. The first-order valence-corrected chi connectivity index (χ1v) is 1.83. The molecular weight excluding hydrogens is 94.0 g/mol. The van der Waals surface area contributed by atoms with Crippen LogP contribution in [-0.4, -0.2) is 17.5 Å². The molecule has 0 aliphatic rings. The topological polar surface area (TPSA) is 63.3 Å². The van der Waals surface area contributed by atoms with Crippen LogP contribution in [0.1, 0.15) is 0 Å². The molecule has 0 aliphatic heterocycles. The fraction of sp³-hybridized carbons (Fsp3) is 0.250. The van der Waals surface area contributed by atoms with E-state index in [-0.39, 0.29) is 5.78 Å². The molecule has 0 amide bonds. The Morgan fingerprint density at radius 2 is 2.43 bits per heavy atom. The molecule has 0 aromatic carbocycles. The molecule has 3 N–H and O–H groups in total. The van der Waals surface area contributed by atoms with Crippen molar-refractivity contribution >= 4 is 5.78 Å². The number of ketones is 1. The van der Waals surface area contributed by atoms with Crippen molar-refractivity contribution < 1.29 is 9.90 Å². The lowest BCUT2D eigenvalue weighted by atomic mass is 10.4. The van der Waals surface area contributed by atoms with Crippen LogP contribution in [0.2, 0.25) is 0 Å². The number of nitrogens with two attached hydrogens (primary N) is 1. The fourth-order valence-electron chi connectivity index (χ4n) is 0.160. The van der Waals surface area contributed by atoms with Gasteiger partial charge in [-0.3, -0.25) is 4.79 Å². The van der Waals surface area contributed by atoms with Crippen molar-refractivity contribution in [3.05, 3.63) is 12.3 Å². The molecule has 0 unspecified atom stereocenters. The molecule has 0 bridgehead atoms. The Bertz CT molecular complexity index is 87.7. The lowest BCUT2D eigenvalue weighted by molar-refractivity contribution is -0.117. The SMILES string of the molecule is N/C=C/C(=O)CO. The van der Waals surface area contributed by atoms with Gasteiger partial charge in [-0.15, -0.1) is 0 Å². The van der Waals surface area contributed by atoms with Crippen LogP contribution in [0.15, 0.2) is 12.3 Å². The van der Waals surface area contributed by atoms with Gasteiger partial charge in [-0.2, -0.15) is 0 Å². The maximum absolute atomic E-state index is 10.00. The van der Waals surface area contributed by atoms with Crippen LogP contribution < -0.4 is 5.73 Å². The van der Waals surface area contributed by atoms with Gasteiger partial charge in [0, 0.05) is 0 Å². The Morgan fingerprint density at radius 1 is 1.86 bits per heavy atom. The number of aliphatic hydroxyl groups excluding tert-OH is 1. The average Bonchev–Trinajstić information content (AvgIpc) is 1.68. The van der Waals surface area contributed by atoms with Gasteiger partial charge in [0.15, 0.2) is 5.78 Å². The molecule has 0 heterocycles. The molecule has 0 radical (unpaired) electrons. The van der Waals surface area contributed by atoms with Crippen LogP contribution in [0, 0.1) is 0 Å². The van der Waals surface area contributed by atoms with E-state index in [4.69, 9.17) is 10.8 Å². The van der Waals surface area contributed by atoms with Crippen molar-refractivity contribution in [2.75, 3.05) is 6.61 Å². The quantitative estimate of drug-likeness (QED) is 0.439. The van der Waals surface area contributed by atoms with Crippen molar-refractivity contribution in [2.45, 2.75) is 0 Å². The number of aliphatic hydroxyl groups is 1. The minimum Gasteiger partial charge on any atom is -0.404 e. The predicted octanol–water partition coefficient (Wildman–Crippen LogP) is -0.980. The Balaban J connectivity index is 3.37. The predicted molar refractivity (Wildman–Crippen MR) is 25.4 cm³/mol. The number of hydrogen-bond acceptors (Lipinski definition) is 3. The zero-order valence-electron chi connectivity index (χ0n) is 3.79. The molecule has 0 rings (SSSR count). The van der Waals surface area contributed by atoms with Crippen LogP contribution in [0.4, 0.5) is 0 Å². The first kappa shape index (κ1) is 6.17. The molecular formula is C4H7NO2. The van der Waals surface area contributed by atoms with Crippen LogP contribution >= 0.6 is 0 Å². The van der Waals surface area contributed by atoms with Crippen molar-refractivity contribution in [3.8, 4) is 0 Å². The molecule has 0 spiro atoms. The van der Waals surface area contributed by atoms with E-state index in [2.05, 4.69) is 0 Å². The average molecular weight is 101 g/mol. The minimum absolute atomic E-state index is 0.373. The van der Waals surface area contributed by atoms with Crippen molar-refractivity contribution in [3.63, 3.8) is 0 Å². The highest BCUT2D eigenvalue weighted by Crippen LogP contribution is 1.67. The summed E-state index contributed by atoms with van der Waals surface area (Å²) in [6, 6.07) is 0. The summed E-state index contributed by atoms with van der Waals surface area (Å²) in [5, 5.41) is 8.01. The highest BCUT2D eigenvalue weighted by molar-refractivity contribution is 5.90. The molecule has 3 nitrogen and oxygen atoms in total. The molecule has 0 aromatic heterocycles. The van der Waals surface area contributed by atoms with Gasteiger partial charge in [-0.25, -0.2) is 0 Å². The molecule has 0 aliphatic carbocycles. The zero-order chi connectivity index (χ0) is 5.70. The standard InChI is InChI=1S/C4H7NO2/c5-2-1-4(7)3-6/h1-2,6H,3,5H2/b2-1+. The maximum atomic E-state index is 10.00. The molecule has 0 fully saturated rings. The second-order valence-electron chi connectivity index (χ2n) is 0.984. The highest BCUT2D eigenvalue weighted by Gasteiger charge is 1.85. The Hall–Kier alpha value is -0.830. The van der Waals surface area contributed by atoms with E-state index in [9.17, 15) is 4.79 Å². The molecule has 40 valence electrons. The van der Waals surface area contributed by atoms with E-state index < -0.39 is 6.61 Å². The molecule has 0 saturated heterocycles. The highest BCUT2D eigenvalue weighted by atomic mass is 16.3. The third kappa shape index (κ3) is 2.99. The summed E-state index contributed by atoms with van der Waals surface area (Å²) in [6.07, 6.45) is 2.21. The van der Waals surface area contributed by atoms with E-state index in [1.54, 1.807) is 0 Å². The smallest absolute Gasteiger partial charge is 0.182 e. The van der Waals surface area contributed by atoms with Gasteiger partial charge in [0.25, 0.3) is 0 Å². The summed E-state index contributed by atoms with van der Waals surface area (Å²) in [5.41, 5.74) is 4.79. The monoisotopic (exact) mass is 101 g/mol. The summed E-state index contributed by atoms with van der Waals surface area (Å²) in [6.45, 7) is -0.465. The van der Waals surface area contributed by atoms with Crippen LogP contribution in [0.5, 0.6) is 0 Å². The second kappa shape index (κ2) is 3.36. The van der Waals surface area contributed by atoms with Gasteiger partial charge in [-0.1, -0.05) is 0 Å². The van der Waals surface area contributed by atoms with Gasteiger partial charge in [0.2, 0.25) is 0 Å². The van der Waals surface area contributed by atoms with Crippen LogP contribution in [-0.2, 0) is 4.79 Å². The molecule has 0 atom stereocenters. The normalized spacial score (nSPS) is 9.86. The summed E-state index contributed by atoms with van der Waals surface area (Å²) >= 11 is 0. The third-order valence-electron chi connectivity index (χ3n) is 0.438. The fourth-order valence-corrected chi connectivity index (χ4v) is 0.160. The lowest BCUT2D eigenvalue weighted by Gasteiger charge is -1.78. The van der Waals surface area contributed by atoms with Gasteiger partial charge < -0.3 is 10.8 Å². The van der Waals surface area contributed by atoms with E-state index in [0.717, 1.165) is 12.3 Å². The van der Waals surface area contributed by atoms with Crippen molar-refractivity contribution in [1.29, 1.82) is 0 Å². The zero-order valence-corrected chi connectivity index (χ0v) is 3.79. The lowest BCUT2D eigenvalue weighted by Crippen LogP contribution is -1.98. The van der Waals surface area contributed by atoms with Crippen LogP contribution in [0.3, 0.4) is 0 Å². The number of carbonyl (C=O) groups is 1. The third-order valence-corrected chi connectivity index (χ3v) is 0.438. The van der Waals surface area contributed by atoms with Crippen LogP contribution in [0.25, 0.3) is 0 Å². The van der Waals surface area contributed by atoms with E-state index in [0.29, 0.717) is 0 Å². The van der Waals surface area contributed by atoms with Crippen molar-refractivity contribution in [2.24, 2.45) is 5.73 Å². The number of hydrogen-bond donors (Lipinski definition) is 2. The summed E-state index contributed by atoms with van der Waals surface area (Å²) < 4.78 is 0. The van der Waals surface area contributed by atoms with Gasteiger partial charge in [0.05, 0.1) is 0 Å². The summed E-state index contributed by atoms with van der Waals surface area (Å²) in [4.78, 5) is 10.00. The van der Waals surface area contributed by atoms with E-state index in [1.807, 2.05) is 0 Å². The van der Waals surface area contributed by atoms with Gasteiger partial charge >= 0.3 is 0 Å². The first-order valence-electron chi connectivity index (χ1n) is 1.83. The van der Waals surface area contributed by atoms with Gasteiger partial charge in [0.1, 0.15) is 6.61 Å². The van der Waals surface area contributed by atoms with E-state index in [1.165, 1.54) is 0 Å². The molecule has 7 heavy (non-hydrogen) atoms. The number of carbonyl (C=O) groups excluding carboxylic acids is 1. The molecule has 0 aromatic rings.